The maximum absolute atomic E-state index is 14.3. The van der Waals surface area contributed by atoms with E-state index in [4.69, 9.17) is 0 Å². The Bertz CT molecular complexity index is 6460. The average molecular weight is 1920 g/mol. The summed E-state index contributed by atoms with van der Waals surface area (Å²) < 4.78 is 245. The summed E-state index contributed by atoms with van der Waals surface area (Å²) in [6.45, 7) is 1.91. The van der Waals surface area contributed by atoms with Crippen LogP contribution in [0.3, 0.4) is 0 Å². The highest BCUT2D eigenvalue weighted by Crippen LogP contribution is 2.41. The molecular formula is C109H74F18S6+6. The molecule has 0 nitrogen and oxygen atoms in total. The number of hydrogen-bond donors (Lipinski definition) is 0. The summed E-state index contributed by atoms with van der Waals surface area (Å²) in [4.78, 5) is 12.1. The van der Waals surface area contributed by atoms with Crippen LogP contribution >= 0.6 is 0 Å². The molecule has 0 bridgehead atoms. The monoisotopic (exact) mass is 1920 g/mol. The van der Waals surface area contributed by atoms with Crippen LogP contribution in [0.4, 0.5) is 79.0 Å². The molecular weight excluding hydrogens is 1840 g/mol. The van der Waals surface area contributed by atoms with E-state index in [1.165, 1.54) is 84.9 Å². The van der Waals surface area contributed by atoms with E-state index in [-0.39, 0.29) is 10.7 Å². The molecule has 0 saturated carbocycles. The summed E-state index contributed by atoms with van der Waals surface area (Å²) in [6.07, 6.45) is 0. The third-order valence-corrected chi connectivity index (χ3v) is 32.3. The Labute approximate surface area is 774 Å². The summed E-state index contributed by atoms with van der Waals surface area (Å²) in [7, 11) is -4.63. The van der Waals surface area contributed by atoms with Gasteiger partial charge in [0.15, 0.2) is 125 Å². The molecule has 24 heteroatoms. The molecule has 18 rings (SSSR count). The molecule has 18 aromatic rings. The van der Waals surface area contributed by atoms with Crippen molar-refractivity contribution in [1.29, 1.82) is 0 Å². The molecule has 0 aromatic heterocycles. The van der Waals surface area contributed by atoms with Gasteiger partial charge in [0.05, 0.1) is 43.6 Å². The number of rotatable bonds is 18. The largest absolute Gasteiger partial charge is 0.237 e. The van der Waals surface area contributed by atoms with Crippen molar-refractivity contribution in [3.8, 4) is 0 Å². The highest BCUT2D eigenvalue weighted by molar-refractivity contribution is 7.98. The molecule has 133 heavy (non-hydrogen) atoms. The molecule has 0 atom stereocenters. The van der Waals surface area contributed by atoms with Gasteiger partial charge in [-0.05, 0) is 189 Å². The highest BCUT2D eigenvalue weighted by Gasteiger charge is 2.39. The third-order valence-electron chi connectivity index (χ3n) is 19.0. The summed E-state index contributed by atoms with van der Waals surface area (Å²) in [6, 6.07) is 116. The number of benzene rings is 18. The maximum atomic E-state index is 14.3. The minimum atomic E-state index is -1.44. The summed E-state index contributed by atoms with van der Waals surface area (Å²) in [5.41, 5.74) is 1.01. The molecule has 0 aliphatic heterocycles. The van der Waals surface area contributed by atoms with Gasteiger partial charge in [-0.15, -0.1) is 0 Å². The highest BCUT2D eigenvalue weighted by atomic mass is 32.2. The summed E-state index contributed by atoms with van der Waals surface area (Å²) in [5, 5.41) is 0. The van der Waals surface area contributed by atoms with Gasteiger partial charge in [-0.3, -0.25) is 0 Å². The third kappa shape index (κ3) is 26.6. The van der Waals surface area contributed by atoms with Gasteiger partial charge >= 0.3 is 0 Å². The van der Waals surface area contributed by atoms with Crippen LogP contribution in [-0.4, -0.2) is 0 Å². The Morgan fingerprint density at radius 1 is 0.135 bits per heavy atom. The van der Waals surface area contributed by atoms with E-state index in [0.29, 0.717) is 34.3 Å². The quantitative estimate of drug-likeness (QED) is 0.0456. The first-order chi connectivity index (χ1) is 64.3. The number of aryl methyl sites for hydroxylation is 1. The van der Waals surface area contributed by atoms with Crippen LogP contribution in [0.5, 0.6) is 0 Å². The van der Waals surface area contributed by atoms with Crippen LogP contribution in [0.2, 0.25) is 0 Å². The Kier molecular flexibility index (Phi) is 34.6. The predicted octanol–water partition coefficient (Wildman–Crippen LogP) is 31.5. The lowest BCUT2D eigenvalue weighted by Gasteiger charge is -2.09. The first kappa shape index (κ1) is 97.3. The second kappa shape index (κ2) is 47.2. The predicted molar refractivity (Wildman–Crippen MR) is 493 cm³/mol. The zero-order valence-electron chi connectivity index (χ0n) is 69.7. The van der Waals surface area contributed by atoms with E-state index >= 15 is 0 Å². The molecule has 666 valence electrons. The van der Waals surface area contributed by atoms with Crippen molar-refractivity contribution >= 4 is 65.4 Å². The zero-order chi connectivity index (χ0) is 94.0. The van der Waals surface area contributed by atoms with Gasteiger partial charge in [-0.1, -0.05) is 163 Å². The Hall–Kier alpha value is -13.2. The zero-order valence-corrected chi connectivity index (χ0v) is 74.6. The van der Waals surface area contributed by atoms with Crippen molar-refractivity contribution in [2.45, 2.75) is 95.0 Å². The molecule has 0 spiro atoms. The smallest absolute Gasteiger partial charge is 0.207 e. The molecule has 0 fully saturated rings. The Morgan fingerprint density at radius 2 is 0.361 bits per heavy atom. The standard InChI is InChI=1S/C19H13F4S.C18H11F4S.2C18H12F3S.2C18H13F2S/c1-12-2-4-17(5-3-12)24(18-8-13(20)6-14(21)9-18)19-10-15(22)7-16(23)11-19;19-12-1-5-16(6-2-12)23(17-7-3-13(20)4-8-17)18-10-14(21)9-15(22)11-18;19-13-11-16(20)18(17(21)12-13)22(14-7-3-1-4-8-14)15-9-5-2-6-10-15;19-16-11-15(12-17(20)18(16)21)22(13-7-3-1-4-8-13)14-9-5-2-6-10-14;19-14-11-12-17(20)18(13-14)21(15-7-3-1-4-8-15)16-9-5-2-6-10-16;19-17-12-11-16(13-18(17)20)21(14-7-3-1-4-8-14)15-9-5-2-6-10-15/h2-11H,1H3;1-11H;2*1-12H;2*1-13H/q6*+1. The van der Waals surface area contributed by atoms with Crippen molar-refractivity contribution in [3.63, 3.8) is 0 Å². The van der Waals surface area contributed by atoms with E-state index in [0.717, 1.165) is 103 Å². The molecule has 0 aliphatic rings. The van der Waals surface area contributed by atoms with Crippen molar-refractivity contribution in [3.05, 3.63) is 541 Å². The van der Waals surface area contributed by atoms with Gasteiger partial charge in [0.1, 0.15) is 80.0 Å². The fourth-order valence-electron chi connectivity index (χ4n) is 13.2. The lowest BCUT2D eigenvalue weighted by Crippen LogP contribution is -2.10. The average Bonchev–Trinajstić information content (AvgIpc) is 0.787. The van der Waals surface area contributed by atoms with Gasteiger partial charge in [0, 0.05) is 91.0 Å². The van der Waals surface area contributed by atoms with Crippen LogP contribution < -0.4 is 0 Å². The van der Waals surface area contributed by atoms with Crippen molar-refractivity contribution in [1.82, 2.24) is 0 Å². The SMILES string of the molecule is Cc1ccc([S+](c2cc(F)cc(F)c2)c2cc(F)cc(F)c2)cc1.Fc1cc(F)c([S+](c2ccccc2)c2ccccc2)c(F)c1.Fc1cc([S+](c2ccccc2)c2ccccc2)cc(F)c1F.Fc1ccc(F)c([S+](c2ccccc2)c2ccccc2)c1.Fc1ccc([S+](c2ccc(F)cc2)c2cc(F)cc(F)c2)cc1.Fc1ccc([S+](c2ccccc2)c2ccccc2)cc1F. The van der Waals surface area contributed by atoms with E-state index in [1.54, 1.807) is 42.5 Å². The van der Waals surface area contributed by atoms with Crippen molar-refractivity contribution in [2.24, 2.45) is 0 Å². The minimum absolute atomic E-state index is 0.112. The van der Waals surface area contributed by atoms with Crippen LogP contribution in [0, 0.1) is 112 Å². The number of hydrogen-bond acceptors (Lipinski definition) is 0. The fraction of sp³-hybridized carbons (Fsp3) is 0.00917. The van der Waals surface area contributed by atoms with Crippen molar-refractivity contribution < 1.29 is 79.0 Å². The van der Waals surface area contributed by atoms with Crippen LogP contribution in [0.1, 0.15) is 5.56 Å². The van der Waals surface area contributed by atoms with E-state index < -0.39 is 164 Å². The fourth-order valence-corrected chi connectivity index (χ4v) is 25.9. The molecule has 0 N–H and O–H groups in total. The Morgan fingerprint density at radius 3 is 0.669 bits per heavy atom. The second-order valence-electron chi connectivity index (χ2n) is 28.4. The normalized spacial score (nSPS) is 10.9. The molecule has 0 radical (unpaired) electrons. The van der Waals surface area contributed by atoms with Gasteiger partial charge in [-0.25, -0.2) is 79.0 Å². The van der Waals surface area contributed by atoms with Gasteiger partial charge < -0.3 is 0 Å². The van der Waals surface area contributed by atoms with E-state index in [2.05, 4.69) is 0 Å². The van der Waals surface area contributed by atoms with Crippen molar-refractivity contribution in [2.75, 3.05) is 0 Å². The topological polar surface area (TPSA) is 0 Å². The molecule has 0 heterocycles. The van der Waals surface area contributed by atoms with Crippen LogP contribution in [0.15, 0.2) is 519 Å². The molecule has 0 aliphatic carbocycles. The van der Waals surface area contributed by atoms with Crippen LogP contribution in [0.25, 0.3) is 0 Å². The van der Waals surface area contributed by atoms with Gasteiger partial charge in [-0.2, -0.15) is 0 Å². The molecule has 0 unspecified atom stereocenters. The van der Waals surface area contributed by atoms with Gasteiger partial charge in [0.25, 0.3) is 0 Å². The summed E-state index contributed by atoms with van der Waals surface area (Å²) in [5.74, 6) is -14.0. The maximum Gasteiger partial charge on any atom is 0.237 e. The molecule has 0 saturated heterocycles. The first-order valence-corrected chi connectivity index (χ1v) is 47.7. The molecule has 0 amide bonds. The lowest BCUT2D eigenvalue weighted by molar-refractivity contribution is 0.443. The molecule has 18 aromatic carbocycles. The minimum Gasteiger partial charge on any atom is -0.207 e. The summed E-state index contributed by atoms with van der Waals surface area (Å²) >= 11 is 0. The van der Waals surface area contributed by atoms with Crippen LogP contribution in [-0.2, 0) is 65.4 Å². The van der Waals surface area contributed by atoms with E-state index in [1.807, 2.05) is 262 Å². The van der Waals surface area contributed by atoms with Gasteiger partial charge in [0.2, 0.25) is 9.79 Å². The number of halogens is 18. The van der Waals surface area contributed by atoms with E-state index in [9.17, 15) is 79.0 Å². The first-order valence-electron chi connectivity index (χ1n) is 40.3. The second-order valence-corrected chi connectivity index (χ2v) is 40.5. The lowest BCUT2D eigenvalue weighted by atomic mass is 10.2. The Balaban J connectivity index is 0.000000136.